The Morgan fingerprint density at radius 3 is 2.03 bits per heavy atom. The number of para-hydroxylation sites is 1. The van der Waals surface area contributed by atoms with Gasteiger partial charge in [0.1, 0.15) is 0 Å². The summed E-state index contributed by atoms with van der Waals surface area (Å²) >= 11 is 1.88. The second kappa shape index (κ2) is 8.30. The van der Waals surface area contributed by atoms with E-state index in [0.717, 1.165) is 5.69 Å². The molecule has 186 valence electrons. The minimum absolute atomic E-state index is 0.00921. The van der Waals surface area contributed by atoms with Crippen LogP contribution in [0, 0.1) is 0 Å². The molecule has 0 saturated heterocycles. The van der Waals surface area contributed by atoms with E-state index in [9.17, 15) is 0 Å². The fourth-order valence-electron chi connectivity index (χ4n) is 6.61. The van der Waals surface area contributed by atoms with Gasteiger partial charge in [-0.05, 0) is 64.0 Å². The van der Waals surface area contributed by atoms with Crippen LogP contribution in [0.25, 0.3) is 42.1 Å². The van der Waals surface area contributed by atoms with E-state index >= 15 is 0 Å². The molecule has 2 heteroatoms. The summed E-state index contributed by atoms with van der Waals surface area (Å²) < 4.78 is 2.65. The number of fused-ring (bicyclic) bond motifs is 8. The third-order valence-electron chi connectivity index (χ3n) is 8.44. The monoisotopic (exact) mass is 517 g/mol. The predicted molar refractivity (Wildman–Crippen MR) is 169 cm³/mol. The van der Waals surface area contributed by atoms with Gasteiger partial charge in [0.2, 0.25) is 0 Å². The molecule has 1 aliphatic rings. The fourth-order valence-corrected chi connectivity index (χ4v) is 7.76. The van der Waals surface area contributed by atoms with Crippen molar-refractivity contribution >= 4 is 59.3 Å². The molecule has 0 N–H and O–H groups in total. The fraction of sp³-hybridized carbons (Fsp3) is 0.0811. The van der Waals surface area contributed by atoms with Crippen molar-refractivity contribution in [1.82, 2.24) is 0 Å². The molecule has 0 radical (unpaired) electrons. The van der Waals surface area contributed by atoms with E-state index in [1.165, 1.54) is 64.6 Å². The Balaban J connectivity index is 1.44. The molecule has 0 spiro atoms. The number of hydrogen-bond acceptors (Lipinski definition) is 2. The quantitative estimate of drug-likeness (QED) is 0.225. The van der Waals surface area contributed by atoms with Gasteiger partial charge in [-0.3, -0.25) is 0 Å². The average molecular weight is 518 g/mol. The van der Waals surface area contributed by atoms with Gasteiger partial charge in [0.15, 0.2) is 0 Å². The van der Waals surface area contributed by atoms with E-state index in [1.54, 1.807) is 0 Å². The molecule has 0 saturated carbocycles. The normalized spacial score (nSPS) is 13.6. The molecule has 8 rings (SSSR count). The Morgan fingerprint density at radius 1 is 0.513 bits per heavy atom. The standard InChI is InChI=1S/C37H27NS/c1-37(2)31-18-10-8-14-26(31)30-22-25(20-21-32(30)37)38(24-12-4-3-5-13-24)33-23-35-36(28-16-7-6-15-27(28)33)29-17-9-11-19-34(29)39-35/h3-23H,1-2H3. The van der Waals surface area contributed by atoms with Crippen molar-refractivity contribution < 1.29 is 0 Å². The Labute approximate surface area is 232 Å². The SMILES string of the molecule is CC1(C)c2ccccc2-c2cc(N(c3ccccc3)c3cc4sc5ccccc5c4c4ccccc34)ccc21. The lowest BCUT2D eigenvalue weighted by molar-refractivity contribution is 0.660. The maximum atomic E-state index is 2.44. The third kappa shape index (κ3) is 3.25. The first kappa shape index (κ1) is 22.6. The van der Waals surface area contributed by atoms with Gasteiger partial charge in [-0.2, -0.15) is 0 Å². The van der Waals surface area contributed by atoms with Crippen LogP contribution in [0.1, 0.15) is 25.0 Å². The summed E-state index contributed by atoms with van der Waals surface area (Å²) in [4.78, 5) is 2.44. The largest absolute Gasteiger partial charge is 0.310 e. The molecule has 1 aliphatic carbocycles. The number of hydrogen-bond donors (Lipinski definition) is 0. The van der Waals surface area contributed by atoms with Crippen LogP contribution in [0.4, 0.5) is 17.1 Å². The molecule has 1 heterocycles. The van der Waals surface area contributed by atoms with Crippen LogP contribution in [0.2, 0.25) is 0 Å². The predicted octanol–water partition coefficient (Wildman–Crippen LogP) is 11.0. The number of benzene rings is 6. The van der Waals surface area contributed by atoms with Crippen molar-refractivity contribution in [3.8, 4) is 11.1 Å². The number of anilines is 3. The van der Waals surface area contributed by atoms with Gasteiger partial charge >= 0.3 is 0 Å². The summed E-state index contributed by atoms with van der Waals surface area (Å²) in [6.07, 6.45) is 0. The van der Waals surface area contributed by atoms with Crippen LogP contribution in [-0.4, -0.2) is 0 Å². The lowest BCUT2D eigenvalue weighted by Crippen LogP contribution is -2.15. The number of nitrogens with zero attached hydrogens (tertiary/aromatic N) is 1. The summed E-state index contributed by atoms with van der Waals surface area (Å²) in [6, 6.07) is 46.8. The number of thiophene rings is 1. The van der Waals surface area contributed by atoms with E-state index in [-0.39, 0.29) is 5.41 Å². The topological polar surface area (TPSA) is 3.24 Å². The molecule has 39 heavy (non-hydrogen) atoms. The molecule has 1 nitrogen and oxygen atoms in total. The Morgan fingerprint density at radius 2 is 1.18 bits per heavy atom. The highest BCUT2D eigenvalue weighted by Crippen LogP contribution is 2.51. The maximum absolute atomic E-state index is 2.44. The molecule has 0 amide bonds. The zero-order valence-electron chi connectivity index (χ0n) is 22.0. The number of rotatable bonds is 3. The van der Waals surface area contributed by atoms with Gasteiger partial charge in [-0.15, -0.1) is 11.3 Å². The molecule has 0 bridgehead atoms. The lowest BCUT2D eigenvalue weighted by atomic mass is 9.82. The summed E-state index contributed by atoms with van der Waals surface area (Å²) in [6.45, 7) is 4.68. The van der Waals surface area contributed by atoms with E-state index < -0.39 is 0 Å². The molecule has 0 atom stereocenters. The van der Waals surface area contributed by atoms with Crippen LogP contribution in [0.15, 0.2) is 127 Å². The Hall–Kier alpha value is -4.40. The van der Waals surface area contributed by atoms with Crippen LogP contribution < -0.4 is 4.90 Å². The highest BCUT2D eigenvalue weighted by molar-refractivity contribution is 7.26. The molecular weight excluding hydrogens is 490 g/mol. The van der Waals surface area contributed by atoms with Crippen LogP contribution in [-0.2, 0) is 5.41 Å². The average Bonchev–Trinajstić information content (AvgIpc) is 3.46. The van der Waals surface area contributed by atoms with Crippen molar-refractivity contribution in [3.05, 3.63) is 139 Å². The molecule has 0 unspecified atom stereocenters. The van der Waals surface area contributed by atoms with E-state index in [4.69, 9.17) is 0 Å². The maximum Gasteiger partial charge on any atom is 0.0554 e. The second-order valence-electron chi connectivity index (χ2n) is 11.0. The van der Waals surface area contributed by atoms with Gasteiger partial charge in [-0.25, -0.2) is 0 Å². The van der Waals surface area contributed by atoms with E-state index in [2.05, 4.69) is 146 Å². The van der Waals surface area contributed by atoms with Crippen molar-refractivity contribution in [2.24, 2.45) is 0 Å². The van der Waals surface area contributed by atoms with Crippen molar-refractivity contribution in [1.29, 1.82) is 0 Å². The summed E-state index contributed by atoms with van der Waals surface area (Å²) in [7, 11) is 0. The van der Waals surface area contributed by atoms with Gasteiger partial charge < -0.3 is 4.90 Å². The highest BCUT2D eigenvalue weighted by Gasteiger charge is 2.35. The smallest absolute Gasteiger partial charge is 0.0554 e. The van der Waals surface area contributed by atoms with Gasteiger partial charge in [0.25, 0.3) is 0 Å². The van der Waals surface area contributed by atoms with E-state index in [1.807, 2.05) is 11.3 Å². The minimum atomic E-state index is -0.00921. The Bertz CT molecular complexity index is 2050. The molecule has 6 aromatic carbocycles. The first-order valence-electron chi connectivity index (χ1n) is 13.5. The van der Waals surface area contributed by atoms with Gasteiger partial charge in [0.05, 0.1) is 5.69 Å². The molecular formula is C37H27NS. The molecule has 7 aromatic rings. The highest BCUT2D eigenvalue weighted by atomic mass is 32.1. The van der Waals surface area contributed by atoms with Gasteiger partial charge in [-0.1, -0.05) is 105 Å². The van der Waals surface area contributed by atoms with Crippen molar-refractivity contribution in [2.45, 2.75) is 19.3 Å². The van der Waals surface area contributed by atoms with Gasteiger partial charge in [0, 0.05) is 42.3 Å². The zero-order valence-corrected chi connectivity index (χ0v) is 22.8. The summed E-state index contributed by atoms with van der Waals surface area (Å²) in [5.41, 5.74) is 9.02. The molecule has 0 aliphatic heterocycles. The minimum Gasteiger partial charge on any atom is -0.310 e. The van der Waals surface area contributed by atoms with Crippen molar-refractivity contribution in [3.63, 3.8) is 0 Å². The second-order valence-corrected chi connectivity index (χ2v) is 12.1. The van der Waals surface area contributed by atoms with E-state index in [0.29, 0.717) is 0 Å². The summed E-state index contributed by atoms with van der Waals surface area (Å²) in [5, 5.41) is 5.25. The van der Waals surface area contributed by atoms with Crippen LogP contribution in [0.5, 0.6) is 0 Å². The van der Waals surface area contributed by atoms with Crippen LogP contribution >= 0.6 is 11.3 Å². The summed E-state index contributed by atoms with van der Waals surface area (Å²) in [5.74, 6) is 0. The van der Waals surface area contributed by atoms with Crippen LogP contribution in [0.3, 0.4) is 0 Å². The molecule has 1 aromatic heterocycles. The first-order chi connectivity index (χ1) is 19.1. The Kier molecular flexibility index (Phi) is 4.80. The first-order valence-corrected chi connectivity index (χ1v) is 14.4. The zero-order chi connectivity index (χ0) is 26.1. The lowest BCUT2D eigenvalue weighted by Gasteiger charge is -2.28. The van der Waals surface area contributed by atoms with Crippen molar-refractivity contribution in [2.75, 3.05) is 4.90 Å². The molecule has 0 fully saturated rings. The third-order valence-corrected chi connectivity index (χ3v) is 9.56.